The van der Waals surface area contributed by atoms with Crippen molar-refractivity contribution < 1.29 is 19.4 Å². The van der Waals surface area contributed by atoms with Gasteiger partial charge in [0.05, 0.1) is 10.0 Å². The van der Waals surface area contributed by atoms with Crippen molar-refractivity contribution in [1.29, 1.82) is 0 Å². The predicted molar refractivity (Wildman–Crippen MR) is 89.6 cm³/mol. The first-order valence-corrected chi connectivity index (χ1v) is 7.47. The van der Waals surface area contributed by atoms with Crippen LogP contribution >= 0.6 is 15.9 Å². The summed E-state index contributed by atoms with van der Waals surface area (Å²) in [5.74, 6) is -0.655. The first-order valence-electron chi connectivity index (χ1n) is 6.68. The average molecular weight is 379 g/mol. The van der Waals surface area contributed by atoms with Gasteiger partial charge in [-0.3, -0.25) is 9.59 Å². The number of ether oxygens (including phenoxy) is 1. The van der Waals surface area contributed by atoms with Crippen LogP contribution in [-0.4, -0.2) is 23.5 Å². The Balaban J connectivity index is 2.10. The maximum Gasteiger partial charge on any atom is 0.259 e. The van der Waals surface area contributed by atoms with E-state index < -0.39 is 11.8 Å². The number of rotatable bonds is 5. The molecule has 0 fully saturated rings. The molecular weight excluding hydrogens is 364 g/mol. The lowest BCUT2D eigenvalue weighted by Crippen LogP contribution is -2.20. The third-order valence-corrected chi connectivity index (χ3v) is 3.55. The van der Waals surface area contributed by atoms with Gasteiger partial charge in [-0.2, -0.15) is 0 Å². The zero-order valence-corrected chi connectivity index (χ0v) is 13.9. The molecule has 7 heteroatoms. The summed E-state index contributed by atoms with van der Waals surface area (Å²) in [5, 5.41) is 12.6. The van der Waals surface area contributed by atoms with Gasteiger partial charge in [-0.05, 0) is 64.8 Å². The van der Waals surface area contributed by atoms with Crippen molar-refractivity contribution in [2.24, 2.45) is 5.73 Å². The number of amides is 2. The van der Waals surface area contributed by atoms with Gasteiger partial charge in [-0.25, -0.2) is 0 Å². The molecule has 23 heavy (non-hydrogen) atoms. The molecule has 0 saturated carbocycles. The highest BCUT2D eigenvalue weighted by Gasteiger charge is 2.14. The molecule has 0 bridgehead atoms. The zero-order valence-electron chi connectivity index (χ0n) is 12.3. The van der Waals surface area contributed by atoms with Gasteiger partial charge in [0.15, 0.2) is 6.61 Å². The smallest absolute Gasteiger partial charge is 0.259 e. The van der Waals surface area contributed by atoms with Crippen LogP contribution in [0.15, 0.2) is 40.9 Å². The van der Waals surface area contributed by atoms with E-state index in [1.165, 1.54) is 0 Å². The van der Waals surface area contributed by atoms with Crippen LogP contribution in [0.5, 0.6) is 11.5 Å². The number of nitrogens with two attached hydrogens (primary N) is 1. The third kappa shape index (κ3) is 4.46. The number of carbonyl (C=O) groups excluding carboxylic acids is 2. The molecule has 6 nitrogen and oxygen atoms in total. The van der Waals surface area contributed by atoms with Crippen LogP contribution in [0.3, 0.4) is 0 Å². The second-order valence-corrected chi connectivity index (χ2v) is 5.73. The second kappa shape index (κ2) is 7.15. The fourth-order valence-electron chi connectivity index (χ4n) is 1.90. The number of primary amides is 1. The van der Waals surface area contributed by atoms with Gasteiger partial charge in [-0.15, -0.1) is 0 Å². The summed E-state index contributed by atoms with van der Waals surface area (Å²) in [6, 6.07) is 9.76. The van der Waals surface area contributed by atoms with E-state index in [1.54, 1.807) is 36.4 Å². The number of phenolic OH excluding ortho intramolecular Hbond substituents is 1. The van der Waals surface area contributed by atoms with Crippen LogP contribution in [0.25, 0.3) is 0 Å². The Morgan fingerprint density at radius 3 is 2.52 bits per heavy atom. The van der Waals surface area contributed by atoms with Crippen molar-refractivity contribution in [3.63, 3.8) is 0 Å². The lowest BCUT2D eigenvalue weighted by molar-refractivity contribution is -0.119. The molecule has 0 saturated heterocycles. The first-order chi connectivity index (χ1) is 10.9. The van der Waals surface area contributed by atoms with Crippen molar-refractivity contribution >= 4 is 33.4 Å². The number of aromatic hydroxyl groups is 1. The quantitative estimate of drug-likeness (QED) is 0.743. The van der Waals surface area contributed by atoms with Gasteiger partial charge >= 0.3 is 0 Å². The number of benzene rings is 2. The molecule has 4 N–H and O–H groups in total. The van der Waals surface area contributed by atoms with Crippen LogP contribution in [0.2, 0.25) is 0 Å². The highest BCUT2D eigenvalue weighted by Crippen LogP contribution is 2.30. The Morgan fingerprint density at radius 1 is 1.26 bits per heavy atom. The Morgan fingerprint density at radius 2 is 1.91 bits per heavy atom. The van der Waals surface area contributed by atoms with E-state index in [2.05, 4.69) is 21.2 Å². The number of phenols is 1. The monoisotopic (exact) mass is 378 g/mol. The minimum atomic E-state index is -0.567. The van der Waals surface area contributed by atoms with E-state index in [1.807, 2.05) is 6.92 Å². The van der Waals surface area contributed by atoms with Crippen molar-refractivity contribution in [3.8, 4) is 11.5 Å². The lowest BCUT2D eigenvalue weighted by atomic mass is 10.1. The van der Waals surface area contributed by atoms with Gasteiger partial charge < -0.3 is 20.9 Å². The number of nitrogens with one attached hydrogen (secondary N) is 1. The SMILES string of the molecule is Cc1cc(Br)c(O)c(C(=O)Nc2ccc(OCC(N)=O)cc2)c1. The summed E-state index contributed by atoms with van der Waals surface area (Å²) in [6.45, 7) is 1.61. The summed E-state index contributed by atoms with van der Waals surface area (Å²) in [7, 11) is 0. The maximum absolute atomic E-state index is 12.3. The third-order valence-electron chi connectivity index (χ3n) is 2.95. The molecule has 0 spiro atoms. The van der Waals surface area contributed by atoms with Crippen molar-refractivity contribution in [1.82, 2.24) is 0 Å². The van der Waals surface area contributed by atoms with Crippen LogP contribution in [0.1, 0.15) is 15.9 Å². The minimum absolute atomic E-state index is 0.116. The molecule has 120 valence electrons. The molecule has 2 rings (SSSR count). The van der Waals surface area contributed by atoms with Crippen molar-refractivity contribution in [3.05, 3.63) is 52.0 Å². The normalized spacial score (nSPS) is 10.2. The molecule has 0 atom stereocenters. The molecule has 0 aromatic heterocycles. The topological polar surface area (TPSA) is 102 Å². The number of anilines is 1. The molecule has 0 unspecified atom stereocenters. The van der Waals surface area contributed by atoms with Crippen LogP contribution < -0.4 is 15.8 Å². The van der Waals surface area contributed by atoms with Crippen LogP contribution in [-0.2, 0) is 4.79 Å². The van der Waals surface area contributed by atoms with E-state index in [-0.39, 0.29) is 17.9 Å². The van der Waals surface area contributed by atoms with E-state index in [0.29, 0.717) is 15.9 Å². The highest BCUT2D eigenvalue weighted by atomic mass is 79.9. The van der Waals surface area contributed by atoms with Crippen LogP contribution in [0.4, 0.5) is 5.69 Å². The summed E-state index contributed by atoms with van der Waals surface area (Å²) >= 11 is 3.20. The fourth-order valence-corrected chi connectivity index (χ4v) is 2.47. The van der Waals surface area contributed by atoms with E-state index in [4.69, 9.17) is 10.5 Å². The Bertz CT molecular complexity index is 744. The van der Waals surface area contributed by atoms with E-state index in [9.17, 15) is 14.7 Å². The molecular formula is C16H15BrN2O4. The average Bonchev–Trinajstić information content (AvgIpc) is 2.50. The molecule has 2 aromatic rings. The van der Waals surface area contributed by atoms with E-state index >= 15 is 0 Å². The molecule has 0 aliphatic heterocycles. The number of hydrogen-bond donors (Lipinski definition) is 3. The van der Waals surface area contributed by atoms with Crippen LogP contribution in [0, 0.1) is 6.92 Å². The molecule has 0 heterocycles. The Kier molecular flexibility index (Phi) is 5.23. The Labute approximate surface area is 141 Å². The molecule has 0 radical (unpaired) electrons. The standard InChI is InChI=1S/C16H15BrN2O4/c1-9-6-12(15(21)13(17)7-9)16(22)19-10-2-4-11(5-3-10)23-8-14(18)20/h2-7,21H,8H2,1H3,(H2,18,20)(H,19,22). The number of halogens is 1. The zero-order chi connectivity index (χ0) is 17.0. The number of hydrogen-bond acceptors (Lipinski definition) is 4. The number of carbonyl (C=O) groups is 2. The van der Waals surface area contributed by atoms with Gasteiger partial charge in [0.25, 0.3) is 11.8 Å². The molecule has 2 aromatic carbocycles. The summed E-state index contributed by atoms with van der Waals surface area (Å²) in [6.07, 6.45) is 0. The largest absolute Gasteiger partial charge is 0.506 e. The first kappa shape index (κ1) is 16.8. The van der Waals surface area contributed by atoms with Gasteiger partial charge in [0, 0.05) is 5.69 Å². The van der Waals surface area contributed by atoms with Gasteiger partial charge in [0.1, 0.15) is 11.5 Å². The summed E-state index contributed by atoms with van der Waals surface area (Å²) < 4.78 is 5.59. The second-order valence-electron chi connectivity index (χ2n) is 4.88. The van der Waals surface area contributed by atoms with Gasteiger partial charge in [-0.1, -0.05) is 0 Å². The van der Waals surface area contributed by atoms with E-state index in [0.717, 1.165) is 5.56 Å². The molecule has 2 amide bonds. The maximum atomic E-state index is 12.3. The Hall–Kier alpha value is -2.54. The van der Waals surface area contributed by atoms with Crippen molar-refractivity contribution in [2.45, 2.75) is 6.92 Å². The summed E-state index contributed by atoms with van der Waals surface area (Å²) in [4.78, 5) is 22.9. The fraction of sp³-hybridized carbons (Fsp3) is 0.125. The molecule has 0 aliphatic rings. The number of aryl methyl sites for hydroxylation is 1. The summed E-state index contributed by atoms with van der Waals surface area (Å²) in [5.41, 5.74) is 6.53. The van der Waals surface area contributed by atoms with Crippen molar-refractivity contribution in [2.75, 3.05) is 11.9 Å². The minimum Gasteiger partial charge on any atom is -0.506 e. The predicted octanol–water partition coefficient (Wildman–Crippen LogP) is 2.58. The molecule has 0 aliphatic carbocycles. The lowest BCUT2D eigenvalue weighted by Gasteiger charge is -2.10. The van der Waals surface area contributed by atoms with Gasteiger partial charge in [0.2, 0.25) is 0 Å². The highest BCUT2D eigenvalue weighted by molar-refractivity contribution is 9.10.